The van der Waals surface area contributed by atoms with E-state index in [0.29, 0.717) is 56.9 Å². The van der Waals surface area contributed by atoms with E-state index in [0.717, 1.165) is 16.3 Å². The average molecular weight is 828 g/mol. The van der Waals surface area contributed by atoms with Crippen LogP contribution in [0, 0.1) is 0 Å². The van der Waals surface area contributed by atoms with Gasteiger partial charge in [0.1, 0.15) is 6.04 Å². The molecule has 4 amide bonds. The van der Waals surface area contributed by atoms with Crippen LogP contribution in [0.2, 0.25) is 20.1 Å². The largest absolute Gasteiger partial charge is 0.370 e. The van der Waals surface area contributed by atoms with E-state index in [1.165, 1.54) is 0 Å². The molecule has 0 aliphatic carbocycles. The number of rotatable bonds is 14. The molecule has 0 radical (unpaired) electrons. The zero-order valence-electron chi connectivity index (χ0n) is 30.2. The molecule has 1 heterocycles. The molecular formula is C40H43Cl4N7O4. The lowest BCUT2D eigenvalue weighted by Gasteiger charge is -2.31. The number of aliphatic imine (C=N–C) groups is 1. The molecule has 4 aromatic rings. The Labute approximate surface area is 340 Å². The number of carbonyl (C=O) groups excluding carboxylic acids is 4. The summed E-state index contributed by atoms with van der Waals surface area (Å²) >= 11 is 24.5. The summed E-state index contributed by atoms with van der Waals surface area (Å²) in [6, 6.07) is 22.1. The fraction of sp³-hybridized carbons (Fsp3) is 0.325. The molecule has 11 nitrogen and oxygen atoms in total. The third-order valence-corrected chi connectivity index (χ3v) is 10.6. The Kier molecular flexibility index (Phi) is 15.2. The number of nitrogens with two attached hydrogens (primary N) is 1. The molecule has 0 aromatic heterocycles. The van der Waals surface area contributed by atoms with Gasteiger partial charge in [-0.1, -0.05) is 101 Å². The maximum atomic E-state index is 14.3. The fourth-order valence-corrected chi connectivity index (χ4v) is 7.47. The summed E-state index contributed by atoms with van der Waals surface area (Å²) in [5.41, 5.74) is 8.17. The summed E-state index contributed by atoms with van der Waals surface area (Å²) in [5.74, 6) is -1.20. The minimum atomic E-state index is -0.777. The van der Waals surface area contributed by atoms with Crippen LogP contribution < -0.4 is 27.0 Å². The van der Waals surface area contributed by atoms with Crippen LogP contribution in [-0.4, -0.2) is 79.3 Å². The summed E-state index contributed by atoms with van der Waals surface area (Å²) in [7, 11) is 1.56. The average Bonchev–Trinajstić information content (AvgIpc) is 3.31. The van der Waals surface area contributed by atoms with Crippen molar-refractivity contribution in [3.8, 4) is 0 Å². The first kappa shape index (κ1) is 41.8. The number of fused-ring (bicyclic) bond motifs is 1. The Morgan fingerprint density at radius 2 is 1.55 bits per heavy atom. The molecule has 1 saturated heterocycles. The molecular weight excluding hydrogens is 784 g/mol. The molecule has 3 unspecified atom stereocenters. The number of nitrogens with one attached hydrogen (secondary N) is 4. The molecule has 6 N–H and O–H groups in total. The Hall–Kier alpha value is -4.39. The molecule has 5 rings (SSSR count). The van der Waals surface area contributed by atoms with Gasteiger partial charge in [-0.25, -0.2) is 0 Å². The van der Waals surface area contributed by atoms with Gasteiger partial charge in [-0.3, -0.25) is 29.5 Å². The van der Waals surface area contributed by atoms with E-state index in [-0.39, 0.29) is 62.2 Å². The van der Waals surface area contributed by atoms with Gasteiger partial charge in [-0.15, -0.1) is 0 Å². The van der Waals surface area contributed by atoms with Gasteiger partial charge in [0.25, 0.3) is 0 Å². The summed E-state index contributed by atoms with van der Waals surface area (Å²) in [6.07, 6.45) is 1.61. The van der Waals surface area contributed by atoms with Crippen molar-refractivity contribution >= 4 is 86.8 Å². The Balaban J connectivity index is 1.27. The molecule has 55 heavy (non-hydrogen) atoms. The van der Waals surface area contributed by atoms with E-state index in [1.807, 2.05) is 42.5 Å². The van der Waals surface area contributed by atoms with Crippen molar-refractivity contribution in [2.24, 2.45) is 10.7 Å². The molecule has 290 valence electrons. The van der Waals surface area contributed by atoms with Gasteiger partial charge >= 0.3 is 0 Å². The summed E-state index contributed by atoms with van der Waals surface area (Å²) in [4.78, 5) is 59.3. The Morgan fingerprint density at radius 1 is 0.891 bits per heavy atom. The number of halogens is 4. The lowest BCUT2D eigenvalue weighted by Crippen LogP contribution is -2.54. The van der Waals surface area contributed by atoms with Gasteiger partial charge in [-0.2, -0.15) is 0 Å². The molecule has 0 spiro atoms. The highest BCUT2D eigenvalue weighted by Gasteiger charge is 2.37. The summed E-state index contributed by atoms with van der Waals surface area (Å²) in [6.45, 7) is 0.747. The molecule has 3 atom stereocenters. The van der Waals surface area contributed by atoms with Crippen molar-refractivity contribution in [1.82, 2.24) is 26.2 Å². The first-order valence-corrected chi connectivity index (χ1v) is 19.4. The van der Waals surface area contributed by atoms with Crippen LogP contribution in [0.15, 0.2) is 83.9 Å². The molecule has 4 aromatic carbocycles. The van der Waals surface area contributed by atoms with Gasteiger partial charge in [0, 0.05) is 59.2 Å². The lowest BCUT2D eigenvalue weighted by molar-refractivity contribution is -0.141. The van der Waals surface area contributed by atoms with E-state index in [1.54, 1.807) is 48.3 Å². The molecule has 1 aliphatic rings. The molecule has 1 fully saturated rings. The second kappa shape index (κ2) is 20.0. The van der Waals surface area contributed by atoms with Crippen LogP contribution in [0.25, 0.3) is 10.8 Å². The number of likely N-dealkylation sites (N-methyl/N-ethyl adjacent to an activating group) is 1. The maximum Gasteiger partial charge on any atom is 0.242 e. The normalized spacial score (nSPS) is 16.7. The maximum absolute atomic E-state index is 14.3. The zero-order valence-corrected chi connectivity index (χ0v) is 33.2. The van der Waals surface area contributed by atoms with Gasteiger partial charge in [0.2, 0.25) is 23.6 Å². The van der Waals surface area contributed by atoms with Crippen LogP contribution in [0.3, 0.4) is 0 Å². The third kappa shape index (κ3) is 12.0. The quantitative estimate of drug-likeness (QED) is 0.0644. The van der Waals surface area contributed by atoms with Gasteiger partial charge in [0.05, 0.1) is 18.9 Å². The van der Waals surface area contributed by atoms with Gasteiger partial charge in [-0.05, 0) is 71.0 Å². The number of carbonyl (C=O) groups is 4. The molecule has 0 saturated carbocycles. The second-order valence-corrected chi connectivity index (χ2v) is 15.0. The number of nitrogens with zero attached hydrogens (tertiary/aromatic N) is 2. The third-order valence-electron chi connectivity index (χ3n) is 9.38. The summed E-state index contributed by atoms with van der Waals surface area (Å²) < 4.78 is 0. The van der Waals surface area contributed by atoms with E-state index >= 15 is 0 Å². The first-order chi connectivity index (χ1) is 26.4. The Bertz CT molecular complexity index is 2060. The minimum absolute atomic E-state index is 0.0150. The van der Waals surface area contributed by atoms with Crippen LogP contribution in [0.1, 0.15) is 36.0 Å². The second-order valence-electron chi connectivity index (χ2n) is 13.3. The number of benzene rings is 4. The van der Waals surface area contributed by atoms with Crippen molar-refractivity contribution in [2.45, 2.75) is 56.7 Å². The topological polar surface area (TPSA) is 158 Å². The number of hydrogen-bond donors (Lipinski definition) is 5. The molecule has 15 heteroatoms. The predicted molar refractivity (Wildman–Crippen MR) is 220 cm³/mol. The van der Waals surface area contributed by atoms with E-state index in [9.17, 15) is 19.2 Å². The zero-order chi connectivity index (χ0) is 39.5. The lowest BCUT2D eigenvalue weighted by atomic mass is 9.99. The van der Waals surface area contributed by atoms with Crippen molar-refractivity contribution in [3.63, 3.8) is 0 Å². The summed E-state index contributed by atoms with van der Waals surface area (Å²) in [5, 5.41) is 15.6. The predicted octanol–water partition coefficient (Wildman–Crippen LogP) is 5.48. The highest BCUT2D eigenvalue weighted by Crippen LogP contribution is 2.24. The van der Waals surface area contributed by atoms with Crippen LogP contribution in [-0.2, 0) is 38.4 Å². The minimum Gasteiger partial charge on any atom is -0.370 e. The smallest absolute Gasteiger partial charge is 0.242 e. The standard InChI is InChI=1S/C40H43Cl4N7O4/c1-46-38(54)35(18-24-8-9-25-5-2-3-6-26(25)17-24)51-16-14-31(23-48-36(52)19-27-10-12-29(41)21-32(27)43)49-34(39(51)55)7-4-15-47-40(45)50-37(53)20-28-11-13-30(42)22-33(28)44/h2-3,5-6,8-13,17,21-22,31,34-35,49H,4,7,14-16,18-20,23H2,1H3,(H,46,54)(H,48,52)(H3,45,47,50,53). The van der Waals surface area contributed by atoms with Crippen LogP contribution in [0.4, 0.5) is 0 Å². The van der Waals surface area contributed by atoms with Crippen molar-refractivity contribution in [2.75, 3.05) is 26.7 Å². The highest BCUT2D eigenvalue weighted by atomic mass is 35.5. The SMILES string of the molecule is CNC(=O)C(Cc1ccc2ccccc2c1)N1CCC(CNC(=O)Cc2ccc(Cl)cc2Cl)NC(CCCN=C(N)NC(=O)Cc2ccc(Cl)cc2Cl)C1=O. The van der Waals surface area contributed by atoms with Crippen molar-refractivity contribution in [1.29, 1.82) is 0 Å². The Morgan fingerprint density at radius 3 is 2.20 bits per heavy atom. The molecule has 0 bridgehead atoms. The number of amides is 4. The van der Waals surface area contributed by atoms with E-state index < -0.39 is 18.0 Å². The van der Waals surface area contributed by atoms with Crippen molar-refractivity contribution < 1.29 is 19.2 Å². The number of hydrogen-bond acceptors (Lipinski definition) is 6. The highest BCUT2D eigenvalue weighted by molar-refractivity contribution is 6.35. The van der Waals surface area contributed by atoms with E-state index in [4.69, 9.17) is 52.1 Å². The number of guanidine groups is 1. The first-order valence-electron chi connectivity index (χ1n) is 17.9. The van der Waals surface area contributed by atoms with Crippen LogP contribution in [0.5, 0.6) is 0 Å². The van der Waals surface area contributed by atoms with E-state index in [2.05, 4.69) is 26.3 Å². The monoisotopic (exact) mass is 825 g/mol. The molecule has 1 aliphatic heterocycles. The van der Waals surface area contributed by atoms with Gasteiger partial charge < -0.3 is 26.6 Å². The fourth-order valence-electron chi connectivity index (χ4n) is 6.52. The van der Waals surface area contributed by atoms with Gasteiger partial charge in [0.15, 0.2) is 5.96 Å². The van der Waals surface area contributed by atoms with Crippen LogP contribution >= 0.6 is 46.4 Å². The van der Waals surface area contributed by atoms with Crippen molar-refractivity contribution in [3.05, 3.63) is 116 Å².